The van der Waals surface area contributed by atoms with Gasteiger partial charge < -0.3 is 5.32 Å². The van der Waals surface area contributed by atoms with E-state index in [0.717, 1.165) is 34.5 Å². The summed E-state index contributed by atoms with van der Waals surface area (Å²) in [5.41, 5.74) is 5.57. The first-order valence-electron chi connectivity index (χ1n) is 7.83. The molecule has 0 saturated heterocycles. The molecule has 1 aromatic carbocycles. The number of thioether (sulfide) groups is 1. The number of halogens is 1. The molecule has 24 heavy (non-hydrogen) atoms. The number of fused-ring (bicyclic) bond motifs is 1. The lowest BCUT2D eigenvalue weighted by Gasteiger charge is -2.18. The third kappa shape index (κ3) is 2.59. The van der Waals surface area contributed by atoms with Crippen LogP contribution in [0.15, 0.2) is 30.5 Å². The Morgan fingerprint density at radius 3 is 2.96 bits per heavy atom. The second kappa shape index (κ2) is 6.18. The van der Waals surface area contributed by atoms with Crippen LogP contribution in [0.3, 0.4) is 0 Å². The summed E-state index contributed by atoms with van der Waals surface area (Å²) in [5, 5.41) is 16.4. The molecule has 0 radical (unpaired) electrons. The second-order valence-electron chi connectivity index (χ2n) is 5.88. The van der Waals surface area contributed by atoms with Crippen molar-refractivity contribution in [2.75, 3.05) is 17.6 Å². The molecule has 124 valence electrons. The van der Waals surface area contributed by atoms with Gasteiger partial charge in [0.2, 0.25) is 0 Å². The van der Waals surface area contributed by atoms with Crippen LogP contribution in [0.1, 0.15) is 21.9 Å². The maximum Gasteiger partial charge on any atom is 0.129 e. The summed E-state index contributed by atoms with van der Waals surface area (Å²) >= 11 is 8.09. The van der Waals surface area contributed by atoms with E-state index in [0.29, 0.717) is 0 Å². The maximum absolute atomic E-state index is 6.16. The molecule has 0 spiro atoms. The molecule has 4 rings (SSSR count). The van der Waals surface area contributed by atoms with Gasteiger partial charge in [-0.15, -0.1) is 11.8 Å². The summed E-state index contributed by atoms with van der Waals surface area (Å²) in [6.45, 7) is 3.04. The van der Waals surface area contributed by atoms with Gasteiger partial charge in [-0.1, -0.05) is 17.7 Å². The predicted molar refractivity (Wildman–Crippen MR) is 99.8 cm³/mol. The number of aromatic nitrogens is 4. The van der Waals surface area contributed by atoms with E-state index in [-0.39, 0.29) is 5.25 Å². The van der Waals surface area contributed by atoms with Crippen molar-refractivity contribution in [3.8, 4) is 11.4 Å². The van der Waals surface area contributed by atoms with Crippen LogP contribution < -0.4 is 5.32 Å². The first-order chi connectivity index (χ1) is 11.6. The van der Waals surface area contributed by atoms with Crippen molar-refractivity contribution in [2.45, 2.75) is 12.2 Å². The van der Waals surface area contributed by atoms with Crippen molar-refractivity contribution < 1.29 is 0 Å². The van der Waals surface area contributed by atoms with Crippen LogP contribution in [-0.4, -0.2) is 32.3 Å². The van der Waals surface area contributed by atoms with Gasteiger partial charge in [-0.25, -0.2) is 0 Å². The zero-order valence-electron chi connectivity index (χ0n) is 13.5. The van der Waals surface area contributed by atoms with Crippen LogP contribution in [0.2, 0.25) is 5.02 Å². The molecule has 2 aromatic heterocycles. The summed E-state index contributed by atoms with van der Waals surface area (Å²) in [6, 6.07) is 8.09. The fourth-order valence-corrected chi connectivity index (χ4v) is 4.71. The quantitative estimate of drug-likeness (QED) is 0.725. The normalized spacial score (nSPS) is 17.2. The van der Waals surface area contributed by atoms with E-state index in [1.54, 1.807) is 6.20 Å². The number of nitrogens with one attached hydrogen (secondary N) is 2. The van der Waals surface area contributed by atoms with Crippen LogP contribution in [0.4, 0.5) is 5.82 Å². The van der Waals surface area contributed by atoms with Crippen LogP contribution >= 0.6 is 23.4 Å². The Kier molecular flexibility index (Phi) is 4.02. The average Bonchev–Trinajstić information content (AvgIpc) is 3.12. The number of H-pyrrole nitrogens is 1. The molecule has 1 atom stereocenters. The number of nitrogens with zero attached hydrogens (tertiary/aromatic N) is 3. The zero-order valence-corrected chi connectivity index (χ0v) is 15.1. The fraction of sp³-hybridized carbons (Fsp3) is 0.294. The van der Waals surface area contributed by atoms with Gasteiger partial charge in [0.1, 0.15) is 11.5 Å². The highest BCUT2D eigenvalue weighted by molar-refractivity contribution is 7.99. The first-order valence-corrected chi connectivity index (χ1v) is 9.26. The Bertz CT molecular complexity index is 871. The van der Waals surface area contributed by atoms with Gasteiger partial charge in [0.25, 0.3) is 0 Å². The molecule has 3 aromatic rings. The van der Waals surface area contributed by atoms with E-state index in [1.807, 2.05) is 41.7 Å². The molecule has 0 fully saturated rings. The second-order valence-corrected chi connectivity index (χ2v) is 7.53. The topological polar surface area (TPSA) is 58.5 Å². The van der Waals surface area contributed by atoms with Gasteiger partial charge in [0.05, 0.1) is 10.9 Å². The minimum Gasteiger partial charge on any atom is -0.369 e. The minimum atomic E-state index is 0.208. The van der Waals surface area contributed by atoms with Gasteiger partial charge in [-0.05, 0) is 36.2 Å². The lowest BCUT2D eigenvalue weighted by molar-refractivity contribution is 0.773. The molecule has 5 nitrogen and oxygen atoms in total. The minimum absolute atomic E-state index is 0.208. The first kappa shape index (κ1) is 15.6. The number of rotatable bonds is 2. The maximum atomic E-state index is 6.16. The van der Waals surface area contributed by atoms with Crippen LogP contribution in [0.25, 0.3) is 11.4 Å². The van der Waals surface area contributed by atoms with Crippen LogP contribution in [0, 0.1) is 6.92 Å². The number of aryl methyl sites for hydroxylation is 2. The monoisotopic (exact) mass is 359 g/mol. The van der Waals surface area contributed by atoms with E-state index < -0.39 is 0 Å². The van der Waals surface area contributed by atoms with Gasteiger partial charge in [0.15, 0.2) is 0 Å². The highest BCUT2D eigenvalue weighted by atomic mass is 35.5. The summed E-state index contributed by atoms with van der Waals surface area (Å²) < 4.78 is 1.93. The molecule has 1 unspecified atom stereocenters. The molecular formula is C17H18ClN5S. The molecule has 0 aliphatic carbocycles. The highest BCUT2D eigenvalue weighted by Crippen LogP contribution is 2.46. The standard InChI is InChI=1S/C17H18ClN5S/c1-10-9-11(18)3-4-12(10)16-14-15(13-5-6-20-21-13)22-23(2)17(14)19-7-8-24-16/h3-6,9,16,19H,7-8H2,1-2H3,(H,20,21). The van der Waals surface area contributed by atoms with Crippen molar-refractivity contribution in [1.29, 1.82) is 0 Å². The van der Waals surface area contributed by atoms with E-state index in [9.17, 15) is 0 Å². The van der Waals surface area contributed by atoms with E-state index in [2.05, 4.69) is 28.5 Å². The number of aromatic amines is 1. The summed E-state index contributed by atoms with van der Waals surface area (Å²) in [6.07, 6.45) is 1.76. The summed E-state index contributed by atoms with van der Waals surface area (Å²) in [5.74, 6) is 2.10. The Morgan fingerprint density at radius 1 is 1.33 bits per heavy atom. The zero-order chi connectivity index (χ0) is 16.7. The fourth-order valence-electron chi connectivity index (χ4n) is 3.19. The molecule has 0 bridgehead atoms. The molecule has 2 N–H and O–H groups in total. The molecule has 1 aliphatic heterocycles. The van der Waals surface area contributed by atoms with Crippen LogP contribution in [0.5, 0.6) is 0 Å². The number of anilines is 1. The van der Waals surface area contributed by atoms with Gasteiger partial charge in [0, 0.05) is 36.1 Å². The largest absolute Gasteiger partial charge is 0.369 e. The average molecular weight is 360 g/mol. The lowest BCUT2D eigenvalue weighted by Crippen LogP contribution is -2.06. The van der Waals surface area contributed by atoms with Crippen molar-refractivity contribution in [2.24, 2.45) is 7.05 Å². The third-order valence-corrected chi connectivity index (χ3v) is 5.79. The predicted octanol–water partition coefficient (Wildman–Crippen LogP) is 4.02. The van der Waals surface area contributed by atoms with E-state index >= 15 is 0 Å². The Balaban J connectivity index is 1.92. The Hall–Kier alpha value is -1.92. The van der Waals surface area contributed by atoms with Gasteiger partial charge in [-0.3, -0.25) is 9.78 Å². The highest BCUT2D eigenvalue weighted by Gasteiger charge is 2.30. The third-order valence-electron chi connectivity index (χ3n) is 4.30. The number of hydrogen-bond donors (Lipinski definition) is 2. The molecular weight excluding hydrogens is 342 g/mol. The number of benzene rings is 1. The van der Waals surface area contributed by atoms with Gasteiger partial charge in [-0.2, -0.15) is 10.2 Å². The lowest BCUT2D eigenvalue weighted by atomic mass is 9.98. The van der Waals surface area contributed by atoms with E-state index in [1.165, 1.54) is 16.7 Å². The summed E-state index contributed by atoms with van der Waals surface area (Å²) in [7, 11) is 1.98. The smallest absolute Gasteiger partial charge is 0.129 e. The van der Waals surface area contributed by atoms with Crippen molar-refractivity contribution in [1.82, 2.24) is 20.0 Å². The SMILES string of the molecule is Cc1cc(Cl)ccc1C1SCCNc2c1c(-c1ccn[nH]1)nn2C. The van der Waals surface area contributed by atoms with E-state index in [4.69, 9.17) is 16.7 Å². The molecule has 0 amide bonds. The molecule has 3 heterocycles. The number of hydrogen-bond acceptors (Lipinski definition) is 4. The molecule has 0 saturated carbocycles. The Labute approximate surface area is 149 Å². The molecule has 7 heteroatoms. The van der Waals surface area contributed by atoms with Gasteiger partial charge >= 0.3 is 0 Å². The summed E-state index contributed by atoms with van der Waals surface area (Å²) in [4.78, 5) is 0. The molecule has 1 aliphatic rings. The van der Waals surface area contributed by atoms with Crippen molar-refractivity contribution >= 4 is 29.2 Å². The van der Waals surface area contributed by atoms with Crippen LogP contribution in [-0.2, 0) is 7.05 Å². The van der Waals surface area contributed by atoms with Crippen molar-refractivity contribution in [3.63, 3.8) is 0 Å². The van der Waals surface area contributed by atoms with Crippen molar-refractivity contribution in [3.05, 3.63) is 52.2 Å². The Morgan fingerprint density at radius 2 is 2.21 bits per heavy atom.